The van der Waals surface area contributed by atoms with Crippen LogP contribution in [0.2, 0.25) is 0 Å². The third-order valence-corrected chi connectivity index (χ3v) is 2.82. The van der Waals surface area contributed by atoms with E-state index in [1.165, 1.54) is 0 Å². The molecule has 0 aromatic carbocycles. The normalized spacial score (nSPS) is 16.4. The third-order valence-electron chi connectivity index (χ3n) is 2.82. The quantitative estimate of drug-likeness (QED) is 0.534. The van der Waals surface area contributed by atoms with Crippen LogP contribution in [0.4, 0.5) is 0 Å². The molecule has 0 aliphatic heterocycles. The highest BCUT2D eigenvalue weighted by Gasteiger charge is 2.22. The molecule has 5 nitrogen and oxygen atoms in total. The molecule has 1 atom stereocenters. The lowest BCUT2D eigenvalue weighted by Gasteiger charge is -2.09. The summed E-state index contributed by atoms with van der Waals surface area (Å²) < 4.78 is 0. The first-order valence-electron chi connectivity index (χ1n) is 6.43. The molecular formula is C12H23N3O2. The molecule has 0 bridgehead atoms. The van der Waals surface area contributed by atoms with Crippen molar-refractivity contribution in [2.45, 2.75) is 57.5 Å². The van der Waals surface area contributed by atoms with Crippen LogP contribution in [0.1, 0.15) is 45.4 Å². The van der Waals surface area contributed by atoms with E-state index < -0.39 is 0 Å². The third kappa shape index (κ3) is 6.94. The van der Waals surface area contributed by atoms with Gasteiger partial charge in [-0.05, 0) is 25.7 Å². The van der Waals surface area contributed by atoms with Crippen molar-refractivity contribution in [1.82, 2.24) is 10.6 Å². The zero-order valence-corrected chi connectivity index (χ0v) is 10.5. The summed E-state index contributed by atoms with van der Waals surface area (Å²) in [6, 6.07) is 0.354. The Kier molecular flexibility index (Phi) is 5.97. The minimum Gasteiger partial charge on any atom is -0.356 e. The Morgan fingerprint density at radius 2 is 2.06 bits per heavy atom. The fourth-order valence-corrected chi connectivity index (χ4v) is 1.46. The number of rotatable bonds is 8. The largest absolute Gasteiger partial charge is 0.356 e. The van der Waals surface area contributed by atoms with Gasteiger partial charge in [0.05, 0.1) is 0 Å². The summed E-state index contributed by atoms with van der Waals surface area (Å²) in [5, 5.41) is 5.68. The van der Waals surface area contributed by atoms with Gasteiger partial charge in [0.2, 0.25) is 11.8 Å². The van der Waals surface area contributed by atoms with Gasteiger partial charge in [-0.2, -0.15) is 0 Å². The summed E-state index contributed by atoms with van der Waals surface area (Å²) in [7, 11) is 0. The Hall–Kier alpha value is -1.10. The van der Waals surface area contributed by atoms with Gasteiger partial charge in [0.1, 0.15) is 0 Å². The van der Waals surface area contributed by atoms with Crippen LogP contribution in [0.15, 0.2) is 0 Å². The Balaban J connectivity index is 1.95. The van der Waals surface area contributed by atoms with Crippen molar-refractivity contribution in [2.75, 3.05) is 6.54 Å². The van der Waals surface area contributed by atoms with Crippen molar-refractivity contribution in [3.05, 3.63) is 0 Å². The maximum atomic E-state index is 11.4. The van der Waals surface area contributed by atoms with E-state index in [1.807, 2.05) is 6.92 Å². The highest BCUT2D eigenvalue weighted by atomic mass is 16.2. The average Bonchev–Trinajstić information content (AvgIpc) is 3.08. The van der Waals surface area contributed by atoms with Crippen molar-refractivity contribution < 1.29 is 9.59 Å². The second kappa shape index (κ2) is 7.27. The van der Waals surface area contributed by atoms with Crippen LogP contribution in [-0.2, 0) is 9.59 Å². The van der Waals surface area contributed by atoms with Gasteiger partial charge in [-0.25, -0.2) is 0 Å². The lowest BCUT2D eigenvalue weighted by atomic mass is 10.1. The molecule has 2 amide bonds. The van der Waals surface area contributed by atoms with Gasteiger partial charge < -0.3 is 16.4 Å². The van der Waals surface area contributed by atoms with Crippen molar-refractivity contribution in [2.24, 2.45) is 5.73 Å². The minimum absolute atomic E-state index is 0.0260. The van der Waals surface area contributed by atoms with E-state index in [9.17, 15) is 9.59 Å². The van der Waals surface area contributed by atoms with Gasteiger partial charge in [-0.1, -0.05) is 6.92 Å². The van der Waals surface area contributed by atoms with Gasteiger partial charge in [0.15, 0.2) is 0 Å². The smallest absolute Gasteiger partial charge is 0.221 e. The maximum Gasteiger partial charge on any atom is 0.221 e. The van der Waals surface area contributed by atoms with Crippen molar-refractivity contribution in [3.63, 3.8) is 0 Å². The summed E-state index contributed by atoms with van der Waals surface area (Å²) in [6.45, 7) is 2.51. The molecule has 1 aliphatic rings. The highest BCUT2D eigenvalue weighted by molar-refractivity contribution is 5.77. The zero-order chi connectivity index (χ0) is 12.7. The summed E-state index contributed by atoms with van der Waals surface area (Å²) in [4.78, 5) is 22.7. The molecule has 1 rings (SSSR count). The van der Waals surface area contributed by atoms with E-state index in [1.54, 1.807) is 0 Å². The molecule has 0 heterocycles. The Labute approximate surface area is 103 Å². The first-order valence-corrected chi connectivity index (χ1v) is 6.43. The van der Waals surface area contributed by atoms with E-state index in [0.717, 1.165) is 19.3 Å². The standard InChI is InChI=1S/C12H23N3O2/c1-2-9(13)8-12(17)14-7-3-4-11(16)15-10-5-6-10/h9-10H,2-8,13H2,1H3,(H,14,17)(H,15,16). The molecule has 0 aromatic rings. The van der Waals surface area contributed by atoms with Gasteiger partial charge >= 0.3 is 0 Å². The van der Waals surface area contributed by atoms with Crippen molar-refractivity contribution >= 4 is 11.8 Å². The lowest BCUT2D eigenvalue weighted by molar-refractivity contribution is -0.123. The summed E-state index contributed by atoms with van der Waals surface area (Å²) in [5.74, 6) is 0.0639. The monoisotopic (exact) mass is 241 g/mol. The highest BCUT2D eigenvalue weighted by Crippen LogP contribution is 2.18. The average molecular weight is 241 g/mol. The minimum atomic E-state index is -0.0619. The van der Waals surface area contributed by atoms with Gasteiger partial charge in [-0.3, -0.25) is 9.59 Å². The van der Waals surface area contributed by atoms with Crippen LogP contribution in [-0.4, -0.2) is 30.4 Å². The molecule has 1 unspecified atom stereocenters. The molecule has 0 saturated heterocycles. The number of hydrogen-bond acceptors (Lipinski definition) is 3. The van der Waals surface area contributed by atoms with Crippen LogP contribution in [0.5, 0.6) is 0 Å². The van der Waals surface area contributed by atoms with E-state index in [0.29, 0.717) is 31.8 Å². The van der Waals surface area contributed by atoms with E-state index in [2.05, 4.69) is 10.6 Å². The number of nitrogens with two attached hydrogens (primary N) is 1. The number of carbonyl (C=O) groups is 2. The Bertz CT molecular complexity index is 264. The SMILES string of the molecule is CCC(N)CC(=O)NCCCC(=O)NC1CC1. The first kappa shape index (κ1) is 14.0. The number of nitrogens with one attached hydrogen (secondary N) is 2. The Morgan fingerprint density at radius 1 is 1.35 bits per heavy atom. The summed E-state index contributed by atoms with van der Waals surface area (Å²) >= 11 is 0. The van der Waals surface area contributed by atoms with Crippen molar-refractivity contribution in [3.8, 4) is 0 Å². The lowest BCUT2D eigenvalue weighted by Crippen LogP contribution is -2.32. The van der Waals surface area contributed by atoms with Crippen molar-refractivity contribution in [1.29, 1.82) is 0 Å². The van der Waals surface area contributed by atoms with Crippen LogP contribution in [0.25, 0.3) is 0 Å². The van der Waals surface area contributed by atoms with Crippen LogP contribution >= 0.6 is 0 Å². The predicted octanol–water partition coefficient (Wildman–Crippen LogP) is 0.289. The van der Waals surface area contributed by atoms with Gasteiger partial charge in [0, 0.05) is 31.5 Å². The fraction of sp³-hybridized carbons (Fsp3) is 0.833. The summed E-state index contributed by atoms with van der Waals surface area (Å²) in [6.07, 6.45) is 4.55. The number of carbonyl (C=O) groups excluding carboxylic acids is 2. The van der Waals surface area contributed by atoms with Crippen LogP contribution in [0.3, 0.4) is 0 Å². The molecule has 98 valence electrons. The maximum absolute atomic E-state index is 11.4. The molecule has 5 heteroatoms. The molecule has 17 heavy (non-hydrogen) atoms. The Morgan fingerprint density at radius 3 is 2.65 bits per heavy atom. The van der Waals surface area contributed by atoms with E-state index in [-0.39, 0.29) is 17.9 Å². The van der Waals surface area contributed by atoms with E-state index in [4.69, 9.17) is 5.73 Å². The predicted molar refractivity (Wildman–Crippen MR) is 66.3 cm³/mol. The van der Waals surface area contributed by atoms with Gasteiger partial charge in [0.25, 0.3) is 0 Å². The second-order valence-electron chi connectivity index (χ2n) is 4.67. The number of hydrogen-bond donors (Lipinski definition) is 3. The second-order valence-corrected chi connectivity index (χ2v) is 4.67. The molecular weight excluding hydrogens is 218 g/mol. The molecule has 0 spiro atoms. The zero-order valence-electron chi connectivity index (χ0n) is 10.5. The molecule has 0 aromatic heterocycles. The topological polar surface area (TPSA) is 84.2 Å². The molecule has 1 aliphatic carbocycles. The summed E-state index contributed by atoms with van der Waals surface area (Å²) in [5.41, 5.74) is 5.66. The van der Waals surface area contributed by atoms with E-state index >= 15 is 0 Å². The molecule has 1 fully saturated rings. The molecule has 0 radical (unpaired) electrons. The molecule has 4 N–H and O–H groups in total. The van der Waals surface area contributed by atoms with Crippen LogP contribution in [0, 0.1) is 0 Å². The molecule has 1 saturated carbocycles. The van der Waals surface area contributed by atoms with Gasteiger partial charge in [-0.15, -0.1) is 0 Å². The van der Waals surface area contributed by atoms with Crippen LogP contribution < -0.4 is 16.4 Å². The fourth-order valence-electron chi connectivity index (χ4n) is 1.46. The number of amides is 2. The first-order chi connectivity index (χ1) is 8.11.